The number of hydrogen-bond acceptors (Lipinski definition) is 6. The normalized spacial score (nSPS) is 9.44. The Morgan fingerprint density at radius 1 is 1.44 bits per heavy atom. The fourth-order valence-electron chi connectivity index (χ4n) is 1.24. The molecule has 0 unspecified atom stereocenters. The SMILES string of the molecule is CCNc1nc(OC)c(C#N)c(N(C)C)n1. The molecule has 0 aliphatic carbocycles. The van der Waals surface area contributed by atoms with Crippen molar-refractivity contribution in [2.45, 2.75) is 6.92 Å². The van der Waals surface area contributed by atoms with Gasteiger partial charge in [0.05, 0.1) is 7.11 Å². The van der Waals surface area contributed by atoms with Gasteiger partial charge < -0.3 is 15.0 Å². The zero-order valence-corrected chi connectivity index (χ0v) is 9.90. The lowest BCUT2D eigenvalue weighted by Gasteiger charge is -2.15. The van der Waals surface area contributed by atoms with Crippen molar-refractivity contribution in [3.63, 3.8) is 0 Å². The van der Waals surface area contributed by atoms with Crippen LogP contribution < -0.4 is 15.0 Å². The van der Waals surface area contributed by atoms with Crippen molar-refractivity contribution in [3.05, 3.63) is 5.56 Å². The van der Waals surface area contributed by atoms with Crippen LogP contribution in [0.15, 0.2) is 0 Å². The lowest BCUT2D eigenvalue weighted by atomic mass is 10.3. The van der Waals surface area contributed by atoms with Crippen molar-refractivity contribution in [3.8, 4) is 11.9 Å². The third-order valence-electron chi connectivity index (χ3n) is 1.92. The lowest BCUT2D eigenvalue weighted by Crippen LogP contribution is -2.16. The van der Waals surface area contributed by atoms with E-state index in [9.17, 15) is 0 Å². The highest BCUT2D eigenvalue weighted by molar-refractivity contribution is 5.60. The van der Waals surface area contributed by atoms with Crippen LogP contribution in [0.25, 0.3) is 0 Å². The standard InChI is InChI=1S/C10H15N5O/c1-5-12-10-13-8(15(2)3)7(6-11)9(14-10)16-4/h5H2,1-4H3,(H,12,13,14). The van der Waals surface area contributed by atoms with Gasteiger partial charge in [-0.1, -0.05) is 0 Å². The molecule has 1 aromatic heterocycles. The molecule has 16 heavy (non-hydrogen) atoms. The van der Waals surface area contributed by atoms with E-state index in [1.807, 2.05) is 27.1 Å². The molecule has 0 radical (unpaired) electrons. The number of nitrogens with one attached hydrogen (secondary N) is 1. The molecule has 0 saturated heterocycles. The van der Waals surface area contributed by atoms with Crippen LogP contribution in [0.4, 0.5) is 11.8 Å². The summed E-state index contributed by atoms with van der Waals surface area (Å²) in [6.07, 6.45) is 0. The first-order chi connectivity index (χ1) is 7.63. The maximum Gasteiger partial charge on any atom is 0.238 e. The van der Waals surface area contributed by atoms with E-state index < -0.39 is 0 Å². The molecule has 1 N–H and O–H groups in total. The minimum absolute atomic E-state index is 0.289. The Hall–Kier alpha value is -2.03. The Morgan fingerprint density at radius 3 is 2.56 bits per heavy atom. The summed E-state index contributed by atoms with van der Waals surface area (Å²) in [5.41, 5.74) is 0.342. The molecule has 6 heteroatoms. The average molecular weight is 221 g/mol. The van der Waals surface area contributed by atoms with E-state index in [0.717, 1.165) is 0 Å². The van der Waals surface area contributed by atoms with Crippen molar-refractivity contribution in [2.24, 2.45) is 0 Å². The molecule has 0 fully saturated rings. The first kappa shape index (κ1) is 12.0. The predicted octanol–water partition coefficient (Wildman–Crippen LogP) is 0.855. The minimum Gasteiger partial charge on any atom is -0.480 e. The van der Waals surface area contributed by atoms with Crippen LogP contribution in [-0.2, 0) is 0 Å². The molecule has 1 aromatic rings. The Morgan fingerprint density at radius 2 is 2.12 bits per heavy atom. The van der Waals surface area contributed by atoms with Crippen LogP contribution in [0.2, 0.25) is 0 Å². The van der Waals surface area contributed by atoms with Gasteiger partial charge in [0.1, 0.15) is 6.07 Å². The van der Waals surface area contributed by atoms with Crippen molar-refractivity contribution in [1.82, 2.24) is 9.97 Å². The Labute approximate surface area is 94.9 Å². The molecular weight excluding hydrogens is 206 g/mol. The van der Waals surface area contributed by atoms with Crippen molar-refractivity contribution in [1.29, 1.82) is 5.26 Å². The van der Waals surface area contributed by atoms with Crippen LogP contribution in [0.5, 0.6) is 5.88 Å². The summed E-state index contributed by atoms with van der Waals surface area (Å²) in [6.45, 7) is 2.66. The molecule has 0 amide bonds. The zero-order chi connectivity index (χ0) is 12.1. The van der Waals surface area contributed by atoms with Crippen LogP contribution >= 0.6 is 0 Å². The molecule has 0 aromatic carbocycles. The summed E-state index contributed by atoms with van der Waals surface area (Å²) in [5.74, 6) is 1.30. The van der Waals surface area contributed by atoms with Gasteiger partial charge in [0.15, 0.2) is 11.4 Å². The fraction of sp³-hybridized carbons (Fsp3) is 0.500. The Kier molecular flexibility index (Phi) is 3.89. The quantitative estimate of drug-likeness (QED) is 0.812. The van der Waals surface area contributed by atoms with Gasteiger partial charge in [0, 0.05) is 20.6 Å². The Balaban J connectivity index is 3.33. The molecule has 0 aliphatic heterocycles. The maximum absolute atomic E-state index is 9.04. The van der Waals surface area contributed by atoms with Gasteiger partial charge in [-0.05, 0) is 6.92 Å². The van der Waals surface area contributed by atoms with Gasteiger partial charge in [-0.15, -0.1) is 0 Å². The molecule has 0 saturated carbocycles. The first-order valence-corrected chi connectivity index (χ1v) is 4.91. The molecule has 0 atom stereocenters. The average Bonchev–Trinajstić information content (AvgIpc) is 2.28. The van der Waals surface area contributed by atoms with Gasteiger partial charge in [-0.25, -0.2) is 0 Å². The molecular formula is C10H15N5O. The van der Waals surface area contributed by atoms with Crippen LogP contribution in [-0.4, -0.2) is 37.7 Å². The van der Waals surface area contributed by atoms with Gasteiger partial charge >= 0.3 is 0 Å². The van der Waals surface area contributed by atoms with Gasteiger partial charge in [0.25, 0.3) is 0 Å². The lowest BCUT2D eigenvalue weighted by molar-refractivity contribution is 0.396. The van der Waals surface area contributed by atoms with E-state index in [1.165, 1.54) is 7.11 Å². The second-order valence-electron chi connectivity index (χ2n) is 3.29. The number of rotatable bonds is 4. The molecule has 6 nitrogen and oxygen atoms in total. The van der Waals surface area contributed by atoms with Crippen LogP contribution in [0.1, 0.15) is 12.5 Å². The minimum atomic E-state index is 0.289. The van der Waals surface area contributed by atoms with Crippen molar-refractivity contribution in [2.75, 3.05) is 38.0 Å². The van der Waals surface area contributed by atoms with E-state index in [2.05, 4.69) is 15.3 Å². The second kappa shape index (κ2) is 5.16. The molecule has 0 spiro atoms. The van der Waals surface area contributed by atoms with Crippen LogP contribution in [0.3, 0.4) is 0 Å². The highest BCUT2D eigenvalue weighted by atomic mass is 16.5. The third kappa shape index (κ3) is 2.31. The predicted molar refractivity (Wildman–Crippen MR) is 61.8 cm³/mol. The highest BCUT2D eigenvalue weighted by Crippen LogP contribution is 2.25. The summed E-state index contributed by atoms with van der Waals surface area (Å²) in [4.78, 5) is 10.1. The van der Waals surface area contributed by atoms with E-state index in [1.54, 1.807) is 4.90 Å². The van der Waals surface area contributed by atoms with Crippen LogP contribution in [0, 0.1) is 11.3 Å². The number of hydrogen-bond donors (Lipinski definition) is 1. The van der Waals surface area contributed by atoms with Crippen molar-refractivity contribution >= 4 is 11.8 Å². The number of anilines is 2. The van der Waals surface area contributed by atoms with Crippen molar-refractivity contribution < 1.29 is 4.74 Å². The summed E-state index contributed by atoms with van der Waals surface area (Å²) < 4.78 is 5.07. The molecule has 0 aliphatic rings. The zero-order valence-electron chi connectivity index (χ0n) is 9.90. The van der Waals surface area contributed by atoms with E-state index in [0.29, 0.717) is 23.9 Å². The highest BCUT2D eigenvalue weighted by Gasteiger charge is 2.15. The molecule has 1 heterocycles. The third-order valence-corrected chi connectivity index (χ3v) is 1.92. The van der Waals surface area contributed by atoms with E-state index >= 15 is 0 Å². The van der Waals surface area contributed by atoms with Gasteiger partial charge in [-0.3, -0.25) is 0 Å². The molecule has 0 bridgehead atoms. The van der Waals surface area contributed by atoms with Gasteiger partial charge in [-0.2, -0.15) is 15.2 Å². The smallest absolute Gasteiger partial charge is 0.238 e. The number of methoxy groups -OCH3 is 1. The Bertz CT molecular complexity index is 410. The largest absolute Gasteiger partial charge is 0.480 e. The second-order valence-corrected chi connectivity index (χ2v) is 3.29. The summed E-state index contributed by atoms with van der Waals surface area (Å²) in [6, 6.07) is 2.05. The number of ether oxygens (including phenoxy) is 1. The van der Waals surface area contributed by atoms with E-state index in [-0.39, 0.29) is 5.88 Å². The number of aromatic nitrogens is 2. The number of nitrogens with zero attached hydrogens (tertiary/aromatic N) is 4. The summed E-state index contributed by atoms with van der Waals surface area (Å²) >= 11 is 0. The summed E-state index contributed by atoms with van der Waals surface area (Å²) in [7, 11) is 5.12. The fourth-order valence-corrected chi connectivity index (χ4v) is 1.24. The monoisotopic (exact) mass is 221 g/mol. The molecule has 1 rings (SSSR count). The maximum atomic E-state index is 9.04. The van der Waals surface area contributed by atoms with E-state index in [4.69, 9.17) is 10.00 Å². The van der Waals surface area contributed by atoms with Gasteiger partial charge in [0.2, 0.25) is 11.8 Å². The summed E-state index contributed by atoms with van der Waals surface area (Å²) in [5, 5.41) is 12.0. The first-order valence-electron chi connectivity index (χ1n) is 4.91. The molecule has 86 valence electrons. The topological polar surface area (TPSA) is 74.1 Å². The number of nitriles is 1.